The lowest BCUT2D eigenvalue weighted by atomic mass is 9.80. The molecule has 12 aromatic rings. The minimum absolute atomic E-state index is 0.249. The molecule has 0 aliphatic heterocycles. The summed E-state index contributed by atoms with van der Waals surface area (Å²) in [5, 5.41) is 17.9. The zero-order valence-corrected chi connectivity index (χ0v) is 33.5. The van der Waals surface area contributed by atoms with Gasteiger partial charge in [0.05, 0.1) is 39.2 Å². The van der Waals surface area contributed by atoms with E-state index in [9.17, 15) is 5.26 Å². The Bertz CT molecular complexity index is 3870. The van der Waals surface area contributed by atoms with Crippen LogP contribution >= 0.6 is 0 Å². The second-order valence-corrected chi connectivity index (χ2v) is 16.9. The van der Waals surface area contributed by atoms with E-state index in [4.69, 9.17) is 9.97 Å². The molecule has 5 heteroatoms. The van der Waals surface area contributed by atoms with Crippen molar-refractivity contribution in [3.05, 3.63) is 193 Å². The van der Waals surface area contributed by atoms with Crippen LogP contribution in [-0.2, 0) is 5.41 Å². The number of rotatable bonds is 3. The molecule has 5 nitrogen and oxygen atoms in total. The van der Waals surface area contributed by atoms with Gasteiger partial charge in [-0.25, -0.2) is 9.97 Å². The van der Waals surface area contributed by atoms with Crippen LogP contribution in [0.2, 0.25) is 0 Å². The molecule has 61 heavy (non-hydrogen) atoms. The number of hydrogen-bond donors (Lipinski definition) is 0. The summed E-state index contributed by atoms with van der Waals surface area (Å²) in [4.78, 5) is 10.6. The zero-order valence-electron chi connectivity index (χ0n) is 33.5. The molecule has 1 aliphatic rings. The molecule has 3 aromatic heterocycles. The van der Waals surface area contributed by atoms with Crippen LogP contribution in [0.15, 0.2) is 176 Å². The molecule has 0 N–H and O–H groups in total. The van der Waals surface area contributed by atoms with Crippen molar-refractivity contribution in [1.29, 1.82) is 5.26 Å². The predicted molar refractivity (Wildman–Crippen MR) is 251 cm³/mol. The number of aromatic nitrogens is 4. The van der Waals surface area contributed by atoms with Crippen LogP contribution in [0.5, 0.6) is 0 Å². The molecule has 1 aliphatic carbocycles. The van der Waals surface area contributed by atoms with Gasteiger partial charge in [-0.1, -0.05) is 135 Å². The highest BCUT2D eigenvalue weighted by atomic mass is 15.2. The summed E-state index contributed by atoms with van der Waals surface area (Å²) in [7, 11) is 0. The Hall–Kier alpha value is -8.07. The number of imidazole rings is 1. The molecule has 284 valence electrons. The average molecular weight is 778 g/mol. The monoisotopic (exact) mass is 777 g/mol. The summed E-state index contributed by atoms with van der Waals surface area (Å²) in [5.74, 6) is 0.807. The topological polar surface area (TPSA) is 58.9 Å². The molecule has 0 saturated carbocycles. The maximum absolute atomic E-state index is 9.75. The first-order chi connectivity index (χ1) is 30.0. The van der Waals surface area contributed by atoms with Gasteiger partial charge >= 0.3 is 0 Å². The van der Waals surface area contributed by atoms with E-state index in [-0.39, 0.29) is 5.41 Å². The van der Waals surface area contributed by atoms with Gasteiger partial charge in [0.2, 0.25) is 5.95 Å². The summed E-state index contributed by atoms with van der Waals surface area (Å²) >= 11 is 0. The molecule has 0 saturated heterocycles. The van der Waals surface area contributed by atoms with Crippen LogP contribution in [0, 0.1) is 11.3 Å². The summed E-state index contributed by atoms with van der Waals surface area (Å²) < 4.78 is 4.57. The minimum atomic E-state index is -0.249. The lowest BCUT2D eigenvalue weighted by Gasteiger charge is -2.23. The largest absolute Gasteiger partial charge is 0.279 e. The van der Waals surface area contributed by atoms with E-state index in [1.165, 1.54) is 71.3 Å². The quantitative estimate of drug-likeness (QED) is 0.168. The number of nitrogens with zero attached hydrogens (tertiary/aromatic N) is 5. The Morgan fingerprint density at radius 3 is 1.67 bits per heavy atom. The lowest BCUT2D eigenvalue weighted by molar-refractivity contribution is 0.660. The lowest BCUT2D eigenvalue weighted by Crippen LogP contribution is -2.15. The SMILES string of the molecule is CC1(C)c2cc(C#N)ccc2-c2ccc(-c3c4ccccc4c(-c4ccc5c6ccccc6n(-c6nc7ccccc7c7nc8ccccc8n67)c5c4)c4ccccc34)cc21. The number of fused-ring (bicyclic) bond motifs is 13. The smallest absolute Gasteiger partial charge is 0.221 e. The highest BCUT2D eigenvalue weighted by Gasteiger charge is 2.36. The molecule has 0 spiro atoms. The fourth-order valence-corrected chi connectivity index (χ4v) is 10.5. The predicted octanol–water partition coefficient (Wildman–Crippen LogP) is 14.0. The van der Waals surface area contributed by atoms with Crippen molar-refractivity contribution in [3.63, 3.8) is 0 Å². The first-order valence-electron chi connectivity index (χ1n) is 20.8. The second kappa shape index (κ2) is 12.2. The fraction of sp³-hybridized carbons (Fsp3) is 0.0536. The van der Waals surface area contributed by atoms with Crippen molar-refractivity contribution in [1.82, 2.24) is 18.9 Å². The fourth-order valence-electron chi connectivity index (χ4n) is 10.5. The van der Waals surface area contributed by atoms with Gasteiger partial charge < -0.3 is 0 Å². The van der Waals surface area contributed by atoms with E-state index in [1.54, 1.807) is 0 Å². The maximum atomic E-state index is 9.75. The molecule has 0 fully saturated rings. The van der Waals surface area contributed by atoms with Gasteiger partial charge in [0.15, 0.2) is 0 Å². The Balaban J connectivity index is 1.08. The standard InChI is InChI=1S/C56H35N5/c1-56(2)45-29-33(32-57)23-26-36(45)37-27-24-34(30-46(37)56)52-40-14-3-5-16-42(40)53(43-17-6-4-15-41(43)52)35-25-28-39-38-13-8-11-21-49(38)60(51(39)31-35)55-59-47-19-9-7-18-44(47)54-58-48-20-10-12-22-50(48)61(54)55/h3-31H,1-2H3. The van der Waals surface area contributed by atoms with E-state index < -0.39 is 0 Å². The minimum Gasteiger partial charge on any atom is -0.279 e. The Labute approximate surface area is 351 Å². The van der Waals surface area contributed by atoms with Gasteiger partial charge in [-0.15, -0.1) is 0 Å². The van der Waals surface area contributed by atoms with Gasteiger partial charge in [0.25, 0.3) is 0 Å². The maximum Gasteiger partial charge on any atom is 0.221 e. The van der Waals surface area contributed by atoms with Crippen LogP contribution in [0.3, 0.4) is 0 Å². The number of benzene rings is 9. The van der Waals surface area contributed by atoms with Crippen LogP contribution in [0.4, 0.5) is 0 Å². The van der Waals surface area contributed by atoms with Crippen molar-refractivity contribution in [2.45, 2.75) is 19.3 Å². The molecule has 3 heterocycles. The van der Waals surface area contributed by atoms with Gasteiger partial charge in [0, 0.05) is 21.6 Å². The van der Waals surface area contributed by atoms with Gasteiger partial charge in [0.1, 0.15) is 5.65 Å². The summed E-state index contributed by atoms with van der Waals surface area (Å²) in [6.07, 6.45) is 0. The van der Waals surface area contributed by atoms with Crippen LogP contribution in [0.25, 0.3) is 110 Å². The van der Waals surface area contributed by atoms with E-state index >= 15 is 0 Å². The third kappa shape index (κ3) is 4.59. The average Bonchev–Trinajstić information content (AvgIpc) is 3.93. The van der Waals surface area contributed by atoms with Crippen molar-refractivity contribution < 1.29 is 0 Å². The van der Waals surface area contributed by atoms with Gasteiger partial charge in [-0.3, -0.25) is 8.97 Å². The first-order valence-corrected chi connectivity index (χ1v) is 20.8. The van der Waals surface area contributed by atoms with E-state index in [0.29, 0.717) is 5.56 Å². The highest BCUT2D eigenvalue weighted by molar-refractivity contribution is 6.22. The zero-order chi connectivity index (χ0) is 40.6. The highest BCUT2D eigenvalue weighted by Crippen LogP contribution is 2.52. The molecule has 0 bridgehead atoms. The van der Waals surface area contributed by atoms with E-state index in [2.05, 4.69) is 193 Å². The Morgan fingerprint density at radius 1 is 0.459 bits per heavy atom. The normalized spacial score (nSPS) is 13.2. The Kier molecular flexibility index (Phi) is 6.79. The second-order valence-electron chi connectivity index (χ2n) is 16.9. The van der Waals surface area contributed by atoms with Crippen molar-refractivity contribution in [2.24, 2.45) is 0 Å². The molecule has 0 atom stereocenters. The van der Waals surface area contributed by atoms with E-state index in [0.717, 1.165) is 50.1 Å². The van der Waals surface area contributed by atoms with Gasteiger partial charge in [-0.2, -0.15) is 5.26 Å². The van der Waals surface area contributed by atoms with Crippen molar-refractivity contribution in [3.8, 4) is 45.4 Å². The third-order valence-electron chi connectivity index (χ3n) is 13.3. The molecular weight excluding hydrogens is 743 g/mol. The summed E-state index contributed by atoms with van der Waals surface area (Å²) in [5.41, 5.74) is 16.1. The molecule has 9 aromatic carbocycles. The number of hydrogen-bond acceptors (Lipinski definition) is 3. The third-order valence-corrected chi connectivity index (χ3v) is 13.3. The van der Waals surface area contributed by atoms with Crippen LogP contribution in [0.1, 0.15) is 30.5 Å². The Morgan fingerprint density at radius 2 is 0.984 bits per heavy atom. The molecule has 0 radical (unpaired) electrons. The first kappa shape index (κ1) is 33.9. The molecule has 0 unspecified atom stereocenters. The van der Waals surface area contributed by atoms with Gasteiger partial charge in [-0.05, 0) is 121 Å². The molecule has 0 amide bonds. The molecule has 13 rings (SSSR count). The summed E-state index contributed by atoms with van der Waals surface area (Å²) in [6, 6.07) is 65.5. The van der Waals surface area contributed by atoms with Crippen molar-refractivity contribution >= 4 is 70.9 Å². The number of para-hydroxylation sites is 4. The van der Waals surface area contributed by atoms with Crippen molar-refractivity contribution in [2.75, 3.05) is 0 Å². The summed E-state index contributed by atoms with van der Waals surface area (Å²) in [6.45, 7) is 4.57. The van der Waals surface area contributed by atoms with E-state index in [1.807, 2.05) is 12.1 Å². The number of nitriles is 1. The van der Waals surface area contributed by atoms with Crippen LogP contribution in [-0.4, -0.2) is 18.9 Å². The van der Waals surface area contributed by atoms with Crippen LogP contribution < -0.4 is 0 Å². The molecular formula is C56H35N5.